The third-order valence-corrected chi connectivity index (χ3v) is 14.5. The highest BCUT2D eigenvalue weighted by atomic mass is 79.9. The molecule has 3 aliphatic rings. The van der Waals surface area contributed by atoms with Crippen LogP contribution >= 0.6 is 47.8 Å². The lowest BCUT2D eigenvalue weighted by Gasteiger charge is -2.28. The Morgan fingerprint density at radius 3 is 0.833 bits per heavy atom. The van der Waals surface area contributed by atoms with E-state index in [4.69, 9.17) is 94.2 Å². The monoisotopic (exact) mass is 1250 g/mol. The van der Waals surface area contributed by atoms with Crippen molar-refractivity contribution in [1.82, 2.24) is 0 Å². The fourth-order valence-electron chi connectivity index (χ4n) is 9.02. The number of anilines is 6. The highest BCUT2D eigenvalue weighted by Crippen LogP contribution is 2.52. The molecular weight excluding hydrogens is 1200 g/mol. The first-order valence-corrected chi connectivity index (χ1v) is 25.2. The zero-order chi connectivity index (χ0) is 57.0. The van der Waals surface area contributed by atoms with Gasteiger partial charge in [0, 0.05) is 16.7 Å². The maximum absolute atomic E-state index is 9.65. The molecule has 1 unspecified atom stereocenters. The number of ether oxygens (including phenoxy) is 9. The molecule has 0 bridgehead atoms. The van der Waals surface area contributed by atoms with E-state index in [1.54, 1.807) is 97.3 Å². The van der Waals surface area contributed by atoms with Crippen molar-refractivity contribution in [3.8, 4) is 70.0 Å². The summed E-state index contributed by atoms with van der Waals surface area (Å²) in [7, 11) is 9.27. The van der Waals surface area contributed by atoms with Gasteiger partial charge in [0.2, 0.25) is 17.6 Å². The number of nitrogens with zero attached hydrogens (tertiary/aromatic N) is 3. The summed E-state index contributed by atoms with van der Waals surface area (Å²) in [5, 5.41) is 28.9. The molecule has 18 N–H and O–H groups in total. The Hall–Kier alpha value is -9.15. The number of nitrogens with two attached hydrogens (primary N) is 9. The van der Waals surface area contributed by atoms with E-state index in [1.165, 1.54) is 0 Å². The summed E-state index contributed by atoms with van der Waals surface area (Å²) in [4.78, 5) is 0. The molecule has 0 saturated heterocycles. The Balaban J connectivity index is 0.000000170. The van der Waals surface area contributed by atoms with Crippen LogP contribution in [0.2, 0.25) is 0 Å². The van der Waals surface area contributed by atoms with Gasteiger partial charge in [0.25, 0.3) is 0 Å². The number of nitrogen functional groups attached to an aromatic ring is 6. The van der Waals surface area contributed by atoms with Gasteiger partial charge in [-0.1, -0.05) is 18.2 Å². The van der Waals surface area contributed by atoms with Gasteiger partial charge in [-0.3, -0.25) is 0 Å². The van der Waals surface area contributed by atoms with Crippen LogP contribution in [0.25, 0.3) is 0 Å². The van der Waals surface area contributed by atoms with Crippen LogP contribution in [0.5, 0.6) is 51.7 Å². The molecule has 0 amide bonds. The number of rotatable bonds is 9. The molecule has 0 aromatic heterocycles. The fraction of sp³-hybridized carbons (Fsp3) is 0.167. The molecule has 9 rings (SSSR count). The highest BCUT2D eigenvalue weighted by molar-refractivity contribution is 9.11. The van der Waals surface area contributed by atoms with E-state index < -0.39 is 17.8 Å². The quantitative estimate of drug-likeness (QED) is 0.0612. The van der Waals surface area contributed by atoms with Crippen LogP contribution in [-0.4, -0.2) is 42.7 Å². The van der Waals surface area contributed by atoms with Gasteiger partial charge in [-0.15, -0.1) is 0 Å². The Kier molecular flexibility index (Phi) is 17.0. The minimum Gasteiger partial charge on any atom is -0.493 e. The predicted molar refractivity (Wildman–Crippen MR) is 305 cm³/mol. The number of halogens is 3. The van der Waals surface area contributed by atoms with E-state index in [9.17, 15) is 15.8 Å². The summed E-state index contributed by atoms with van der Waals surface area (Å²) in [6.45, 7) is 0. The average molecular weight is 1250 g/mol. The van der Waals surface area contributed by atoms with E-state index in [1.807, 2.05) is 18.2 Å². The lowest BCUT2D eigenvalue weighted by atomic mass is 9.83. The molecule has 402 valence electrons. The molecule has 0 fully saturated rings. The smallest absolute Gasteiger partial charge is 0.205 e. The third kappa shape index (κ3) is 10.3. The van der Waals surface area contributed by atoms with Gasteiger partial charge in [0.15, 0.2) is 51.7 Å². The third-order valence-electron chi connectivity index (χ3n) is 12.7. The summed E-state index contributed by atoms with van der Waals surface area (Å²) < 4.78 is 51.1. The van der Waals surface area contributed by atoms with Gasteiger partial charge >= 0.3 is 0 Å². The number of nitriles is 3. The van der Waals surface area contributed by atoms with Crippen molar-refractivity contribution in [3.05, 3.63) is 154 Å². The second kappa shape index (κ2) is 23.4. The zero-order valence-electron chi connectivity index (χ0n) is 42.5. The van der Waals surface area contributed by atoms with E-state index in [0.717, 1.165) is 16.7 Å². The van der Waals surface area contributed by atoms with Crippen LogP contribution in [0, 0.1) is 34.0 Å². The maximum atomic E-state index is 9.65. The molecule has 3 atom stereocenters. The summed E-state index contributed by atoms with van der Waals surface area (Å²) in [5.74, 6) is 2.81. The molecule has 0 radical (unpaired) electrons. The van der Waals surface area contributed by atoms with Crippen molar-refractivity contribution in [2.45, 2.75) is 17.8 Å². The van der Waals surface area contributed by atoms with Gasteiger partial charge in [0.1, 0.15) is 34.9 Å². The normalized spacial score (nSPS) is 15.7. The van der Waals surface area contributed by atoms with E-state index in [0.29, 0.717) is 98.9 Å². The first kappa shape index (κ1) is 56.6. The first-order valence-electron chi connectivity index (χ1n) is 22.8. The molecule has 78 heavy (non-hydrogen) atoms. The van der Waals surface area contributed by atoms with Gasteiger partial charge < -0.3 is 94.2 Å². The van der Waals surface area contributed by atoms with E-state index in [2.05, 4.69) is 66.0 Å². The number of benzene rings is 6. The summed E-state index contributed by atoms with van der Waals surface area (Å²) in [6, 6.07) is 27.7. The number of hydrogen-bond acceptors (Lipinski definition) is 21. The molecular formula is C54H51Br3N12O9. The van der Waals surface area contributed by atoms with Crippen molar-refractivity contribution in [3.63, 3.8) is 0 Å². The van der Waals surface area contributed by atoms with Crippen LogP contribution in [0.15, 0.2) is 121 Å². The number of hydrogen-bond donors (Lipinski definition) is 9. The van der Waals surface area contributed by atoms with Crippen molar-refractivity contribution in [2.75, 3.05) is 77.1 Å². The van der Waals surface area contributed by atoms with Gasteiger partial charge in [0.05, 0.1) is 108 Å². The molecule has 0 saturated carbocycles. The van der Waals surface area contributed by atoms with Crippen LogP contribution in [-0.2, 0) is 0 Å². The van der Waals surface area contributed by atoms with Gasteiger partial charge in [-0.05, 0) is 119 Å². The summed E-state index contributed by atoms with van der Waals surface area (Å²) in [6.07, 6.45) is 0. The summed E-state index contributed by atoms with van der Waals surface area (Å²) >= 11 is 10.4. The molecule has 0 spiro atoms. The van der Waals surface area contributed by atoms with Crippen LogP contribution in [0.3, 0.4) is 0 Å². The molecule has 6 aromatic rings. The fourth-order valence-corrected chi connectivity index (χ4v) is 10.9. The Labute approximate surface area is 473 Å². The van der Waals surface area contributed by atoms with Gasteiger partial charge in [-0.25, -0.2) is 0 Å². The number of fused-ring (bicyclic) bond motifs is 3. The van der Waals surface area contributed by atoms with E-state index in [-0.39, 0.29) is 51.4 Å². The van der Waals surface area contributed by atoms with E-state index >= 15 is 0 Å². The Morgan fingerprint density at radius 2 is 0.628 bits per heavy atom. The maximum Gasteiger partial charge on any atom is 0.205 e. The standard InChI is InChI=1S/3C18H17BrN4O3/c3*1-24-13-6-8(5-11(19)17(13)25-2)14-9-3-4-12(21)15(22)16(9)26-18(23)10(14)7-20/h3*3-6,14H,21-23H2,1-2H3/t2*14-;/m10./s1. The second-order valence-corrected chi connectivity index (χ2v) is 19.5. The Morgan fingerprint density at radius 1 is 0.385 bits per heavy atom. The highest BCUT2D eigenvalue weighted by Gasteiger charge is 2.36. The Bertz CT molecular complexity index is 3270. The van der Waals surface area contributed by atoms with Gasteiger partial charge in [-0.2, -0.15) is 15.8 Å². The molecule has 0 aliphatic carbocycles. The molecule has 3 aliphatic heterocycles. The lowest BCUT2D eigenvalue weighted by Crippen LogP contribution is -2.22. The molecule has 21 nitrogen and oxygen atoms in total. The lowest BCUT2D eigenvalue weighted by molar-refractivity contribution is 0.352. The minimum atomic E-state index is -0.484. The SMILES string of the molecule is COc1cc(C2C(C#N)=C(N)Oc3c2ccc(N)c3N)cc(Br)c1OC.COc1cc([C@@H]2C(C#N)=C(N)Oc3c2ccc(N)c3N)cc(Br)c1OC.COc1cc([C@H]2C(C#N)=C(N)Oc3c2ccc(N)c3N)cc(Br)c1OC. The summed E-state index contributed by atoms with van der Waals surface area (Å²) in [5.41, 5.74) is 61.0. The first-order chi connectivity index (χ1) is 37.3. The van der Waals surface area contributed by atoms with Crippen molar-refractivity contribution in [2.24, 2.45) is 17.2 Å². The minimum absolute atomic E-state index is 0.00629. The molecule has 3 heterocycles. The molecule has 6 aromatic carbocycles. The van der Waals surface area contributed by atoms with Crippen molar-refractivity contribution in [1.29, 1.82) is 15.8 Å². The largest absolute Gasteiger partial charge is 0.493 e. The topological polar surface area (TPSA) is 389 Å². The average Bonchev–Trinajstić information content (AvgIpc) is 3.46. The number of allylic oxidation sites excluding steroid dienone is 3. The second-order valence-electron chi connectivity index (χ2n) is 16.9. The number of methoxy groups -OCH3 is 6. The van der Waals surface area contributed by atoms with Crippen molar-refractivity contribution < 1.29 is 42.6 Å². The van der Waals surface area contributed by atoms with Crippen LogP contribution in [0.4, 0.5) is 34.1 Å². The molecule has 24 heteroatoms. The van der Waals surface area contributed by atoms with Crippen LogP contribution in [0.1, 0.15) is 51.1 Å². The van der Waals surface area contributed by atoms with Crippen LogP contribution < -0.4 is 94.2 Å². The zero-order valence-corrected chi connectivity index (χ0v) is 47.3. The predicted octanol–water partition coefficient (Wildman–Crippen LogP) is 8.55. The van der Waals surface area contributed by atoms with Crippen molar-refractivity contribution >= 4 is 81.9 Å².